The maximum Gasteiger partial charge on any atom is 0.137 e. The highest BCUT2D eigenvalue weighted by Crippen LogP contribution is 2.16. The first-order valence-electron chi connectivity index (χ1n) is 4.26. The zero-order valence-corrected chi connectivity index (χ0v) is 7.89. The van der Waals surface area contributed by atoms with Gasteiger partial charge in [0.1, 0.15) is 6.29 Å². The molecule has 3 heteroatoms. The number of piperidine rings is 1. The summed E-state index contributed by atoms with van der Waals surface area (Å²) in [5, 5.41) is 0.615. The van der Waals surface area contributed by atoms with Crippen molar-refractivity contribution in [3.05, 3.63) is 11.6 Å². The van der Waals surface area contributed by atoms with Gasteiger partial charge < -0.3 is 4.79 Å². The molecule has 2 nitrogen and oxygen atoms in total. The molecule has 1 heterocycles. The van der Waals surface area contributed by atoms with Crippen molar-refractivity contribution in [1.82, 2.24) is 4.90 Å². The van der Waals surface area contributed by atoms with E-state index in [1.165, 1.54) is 0 Å². The molecule has 1 rings (SSSR count). The smallest absolute Gasteiger partial charge is 0.137 e. The van der Waals surface area contributed by atoms with Gasteiger partial charge in [-0.3, -0.25) is 4.90 Å². The van der Waals surface area contributed by atoms with Gasteiger partial charge in [0.15, 0.2) is 0 Å². The highest BCUT2D eigenvalue weighted by atomic mass is 35.5. The first-order valence-corrected chi connectivity index (χ1v) is 4.64. The molecule has 68 valence electrons. The molecule has 1 atom stereocenters. The third-order valence-electron chi connectivity index (χ3n) is 2.20. The molecule has 0 amide bonds. The second-order valence-corrected chi connectivity index (χ2v) is 3.72. The average molecular weight is 188 g/mol. The SMILES string of the molecule is C=C(Cl)CN1CCCCC1C=O. The minimum absolute atomic E-state index is 0.0641. The fourth-order valence-electron chi connectivity index (χ4n) is 1.59. The van der Waals surface area contributed by atoms with E-state index in [1.54, 1.807) is 0 Å². The van der Waals surface area contributed by atoms with Crippen LogP contribution in [-0.4, -0.2) is 30.3 Å². The minimum atomic E-state index is 0.0641. The van der Waals surface area contributed by atoms with Crippen LogP contribution in [0.25, 0.3) is 0 Å². The van der Waals surface area contributed by atoms with Crippen LogP contribution < -0.4 is 0 Å². The van der Waals surface area contributed by atoms with Crippen molar-refractivity contribution >= 4 is 17.9 Å². The number of carbonyl (C=O) groups is 1. The standard InChI is InChI=1S/C9H14ClNO/c1-8(10)6-11-5-3-2-4-9(11)7-12/h7,9H,1-6H2. The Balaban J connectivity index is 2.46. The van der Waals surface area contributed by atoms with Crippen molar-refractivity contribution in [2.24, 2.45) is 0 Å². The predicted octanol–water partition coefficient (Wildman–Crippen LogP) is 1.79. The van der Waals surface area contributed by atoms with E-state index in [2.05, 4.69) is 11.5 Å². The highest BCUT2D eigenvalue weighted by Gasteiger charge is 2.21. The molecule has 1 fully saturated rings. The van der Waals surface area contributed by atoms with Crippen LogP contribution in [0.4, 0.5) is 0 Å². The molecule has 0 aliphatic carbocycles. The molecule has 0 aromatic rings. The Morgan fingerprint density at radius 3 is 3.00 bits per heavy atom. The molecule has 1 unspecified atom stereocenters. The van der Waals surface area contributed by atoms with Crippen molar-refractivity contribution in [1.29, 1.82) is 0 Å². The average Bonchev–Trinajstić information content (AvgIpc) is 2.04. The first kappa shape index (κ1) is 9.75. The molecule has 1 aliphatic rings. The summed E-state index contributed by atoms with van der Waals surface area (Å²) in [7, 11) is 0. The number of aldehydes is 1. The van der Waals surface area contributed by atoms with Crippen molar-refractivity contribution in [3.63, 3.8) is 0 Å². The van der Waals surface area contributed by atoms with Gasteiger partial charge in [-0.25, -0.2) is 0 Å². The second-order valence-electron chi connectivity index (χ2n) is 3.19. The van der Waals surface area contributed by atoms with Gasteiger partial charge in [-0.2, -0.15) is 0 Å². The largest absolute Gasteiger partial charge is 0.302 e. The molecule has 0 N–H and O–H groups in total. The van der Waals surface area contributed by atoms with Gasteiger partial charge in [-0.15, -0.1) is 0 Å². The van der Waals surface area contributed by atoms with Gasteiger partial charge in [0.05, 0.1) is 6.04 Å². The van der Waals surface area contributed by atoms with E-state index in [-0.39, 0.29) is 6.04 Å². The number of nitrogens with zero attached hydrogens (tertiary/aromatic N) is 1. The van der Waals surface area contributed by atoms with Gasteiger partial charge in [0.25, 0.3) is 0 Å². The molecule has 0 saturated carbocycles. The van der Waals surface area contributed by atoms with Gasteiger partial charge in [0, 0.05) is 11.6 Å². The van der Waals surface area contributed by atoms with Crippen molar-refractivity contribution in [2.75, 3.05) is 13.1 Å². The Bertz CT molecular complexity index is 181. The molecular weight excluding hydrogens is 174 g/mol. The van der Waals surface area contributed by atoms with Crippen molar-refractivity contribution < 1.29 is 4.79 Å². The number of hydrogen-bond donors (Lipinski definition) is 0. The summed E-state index contributed by atoms with van der Waals surface area (Å²) in [5.74, 6) is 0. The lowest BCUT2D eigenvalue weighted by Crippen LogP contribution is -2.41. The van der Waals surface area contributed by atoms with E-state index >= 15 is 0 Å². The molecule has 0 radical (unpaired) electrons. The van der Waals surface area contributed by atoms with Crippen LogP contribution in [0.15, 0.2) is 11.6 Å². The quantitative estimate of drug-likeness (QED) is 0.628. The normalized spacial score (nSPS) is 25.2. The van der Waals surface area contributed by atoms with Gasteiger partial charge >= 0.3 is 0 Å². The van der Waals surface area contributed by atoms with Gasteiger partial charge in [-0.05, 0) is 19.4 Å². The Kier molecular flexibility index (Phi) is 3.76. The summed E-state index contributed by atoms with van der Waals surface area (Å²) in [4.78, 5) is 12.7. The second kappa shape index (κ2) is 4.63. The van der Waals surface area contributed by atoms with Crippen molar-refractivity contribution in [2.45, 2.75) is 25.3 Å². The van der Waals surface area contributed by atoms with E-state index in [4.69, 9.17) is 11.6 Å². The van der Waals surface area contributed by atoms with E-state index in [9.17, 15) is 4.79 Å². The lowest BCUT2D eigenvalue weighted by Gasteiger charge is -2.31. The summed E-state index contributed by atoms with van der Waals surface area (Å²) < 4.78 is 0. The number of hydrogen-bond acceptors (Lipinski definition) is 2. The Labute approximate surface area is 78.2 Å². The molecule has 1 aliphatic heterocycles. The molecule has 0 bridgehead atoms. The number of likely N-dealkylation sites (tertiary alicyclic amines) is 1. The summed E-state index contributed by atoms with van der Waals surface area (Å²) >= 11 is 5.68. The fraction of sp³-hybridized carbons (Fsp3) is 0.667. The minimum Gasteiger partial charge on any atom is -0.302 e. The molecular formula is C9H14ClNO. The van der Waals surface area contributed by atoms with Crippen LogP contribution in [0.2, 0.25) is 0 Å². The van der Waals surface area contributed by atoms with Crippen LogP contribution in [-0.2, 0) is 4.79 Å². The zero-order valence-electron chi connectivity index (χ0n) is 7.13. The molecule has 0 spiro atoms. The van der Waals surface area contributed by atoms with Crippen LogP contribution in [0.1, 0.15) is 19.3 Å². The van der Waals surface area contributed by atoms with Crippen LogP contribution in [0.5, 0.6) is 0 Å². The van der Waals surface area contributed by atoms with Gasteiger partial charge in [-0.1, -0.05) is 24.6 Å². The number of rotatable bonds is 3. The summed E-state index contributed by atoms with van der Waals surface area (Å²) in [6.07, 6.45) is 4.29. The van der Waals surface area contributed by atoms with Gasteiger partial charge in [0.2, 0.25) is 0 Å². The number of carbonyl (C=O) groups excluding carboxylic acids is 1. The maximum absolute atomic E-state index is 10.6. The molecule has 1 saturated heterocycles. The van der Waals surface area contributed by atoms with E-state index in [0.717, 1.165) is 32.1 Å². The maximum atomic E-state index is 10.6. The van der Waals surface area contributed by atoms with E-state index in [0.29, 0.717) is 11.6 Å². The lowest BCUT2D eigenvalue weighted by atomic mass is 10.0. The third kappa shape index (κ3) is 2.61. The summed E-state index contributed by atoms with van der Waals surface area (Å²) in [6.45, 7) is 5.24. The Morgan fingerprint density at radius 2 is 2.42 bits per heavy atom. The predicted molar refractivity (Wildman–Crippen MR) is 50.3 cm³/mol. The summed E-state index contributed by atoms with van der Waals surface area (Å²) in [6, 6.07) is 0.0641. The number of halogens is 1. The van der Waals surface area contributed by atoms with Crippen LogP contribution >= 0.6 is 11.6 Å². The fourth-order valence-corrected chi connectivity index (χ4v) is 1.74. The topological polar surface area (TPSA) is 20.3 Å². The van der Waals surface area contributed by atoms with E-state index in [1.807, 2.05) is 0 Å². The monoisotopic (exact) mass is 187 g/mol. The van der Waals surface area contributed by atoms with Crippen LogP contribution in [0.3, 0.4) is 0 Å². The van der Waals surface area contributed by atoms with Crippen molar-refractivity contribution in [3.8, 4) is 0 Å². The lowest BCUT2D eigenvalue weighted by molar-refractivity contribution is -0.113. The van der Waals surface area contributed by atoms with Crippen LogP contribution in [0, 0.1) is 0 Å². The third-order valence-corrected chi connectivity index (χ3v) is 2.32. The zero-order chi connectivity index (χ0) is 8.97. The molecule has 0 aromatic heterocycles. The first-order chi connectivity index (χ1) is 5.74. The highest BCUT2D eigenvalue weighted by molar-refractivity contribution is 6.29. The molecule has 12 heavy (non-hydrogen) atoms. The Morgan fingerprint density at radius 1 is 1.67 bits per heavy atom. The Hall–Kier alpha value is -0.340. The molecule has 0 aromatic carbocycles. The summed E-state index contributed by atoms with van der Waals surface area (Å²) in [5.41, 5.74) is 0. The van der Waals surface area contributed by atoms with E-state index < -0.39 is 0 Å².